The van der Waals surface area contributed by atoms with Crippen molar-refractivity contribution in [2.75, 3.05) is 24.6 Å². The second-order valence-electron chi connectivity index (χ2n) is 7.02. The molecule has 1 heterocycles. The van der Waals surface area contributed by atoms with Crippen LogP contribution < -0.4 is 15.0 Å². The Balaban J connectivity index is 1.37. The molecule has 0 radical (unpaired) electrons. The standard InChI is InChI=1S/C22H25BrN2O3/c1-16-8-10-18(11-9-16)28-13-5-4-12-24-22(27)17-14-21(26)25(15-17)20-7-3-2-6-19(20)23/h2-3,6-11,17H,4-5,12-15H2,1H3,(H,24,27). The minimum absolute atomic E-state index is 0.0152. The number of anilines is 1. The summed E-state index contributed by atoms with van der Waals surface area (Å²) in [6, 6.07) is 15.5. The lowest BCUT2D eigenvalue weighted by Gasteiger charge is -2.18. The molecule has 2 aromatic rings. The Labute approximate surface area is 174 Å². The van der Waals surface area contributed by atoms with E-state index < -0.39 is 0 Å². The second-order valence-corrected chi connectivity index (χ2v) is 7.87. The zero-order valence-electron chi connectivity index (χ0n) is 16.0. The Morgan fingerprint density at radius 3 is 2.68 bits per heavy atom. The van der Waals surface area contributed by atoms with Crippen LogP contribution in [0.3, 0.4) is 0 Å². The van der Waals surface area contributed by atoms with Crippen molar-refractivity contribution in [1.82, 2.24) is 5.32 Å². The fraction of sp³-hybridized carbons (Fsp3) is 0.364. The van der Waals surface area contributed by atoms with Crippen LogP contribution in [0.25, 0.3) is 0 Å². The van der Waals surface area contributed by atoms with E-state index in [0.29, 0.717) is 19.7 Å². The number of para-hydroxylation sites is 1. The Kier molecular flexibility index (Phi) is 7.09. The molecule has 2 aromatic carbocycles. The predicted molar refractivity (Wildman–Crippen MR) is 114 cm³/mol. The number of hydrogen-bond donors (Lipinski definition) is 1. The molecule has 3 rings (SSSR count). The number of halogens is 1. The van der Waals surface area contributed by atoms with Gasteiger partial charge in [0, 0.05) is 24.0 Å². The normalized spacial score (nSPS) is 16.3. The quantitative estimate of drug-likeness (QED) is 0.623. The largest absolute Gasteiger partial charge is 0.494 e. The third-order valence-electron chi connectivity index (χ3n) is 4.80. The number of benzene rings is 2. The number of ether oxygens (including phenoxy) is 1. The summed E-state index contributed by atoms with van der Waals surface area (Å²) in [6.45, 7) is 3.68. The van der Waals surface area contributed by atoms with Crippen LogP contribution in [0.2, 0.25) is 0 Å². The van der Waals surface area contributed by atoms with E-state index in [2.05, 4.69) is 21.2 Å². The van der Waals surface area contributed by atoms with Crippen molar-refractivity contribution in [3.05, 3.63) is 58.6 Å². The fourth-order valence-electron chi connectivity index (χ4n) is 3.19. The summed E-state index contributed by atoms with van der Waals surface area (Å²) in [5.74, 6) is 0.496. The first-order valence-electron chi connectivity index (χ1n) is 9.56. The minimum atomic E-state index is -0.302. The van der Waals surface area contributed by atoms with Crippen molar-refractivity contribution in [3.8, 4) is 5.75 Å². The van der Waals surface area contributed by atoms with E-state index in [0.717, 1.165) is 28.8 Å². The van der Waals surface area contributed by atoms with Crippen LogP contribution in [0.1, 0.15) is 24.8 Å². The van der Waals surface area contributed by atoms with Crippen LogP contribution in [-0.2, 0) is 9.59 Å². The maximum Gasteiger partial charge on any atom is 0.227 e. The summed E-state index contributed by atoms with van der Waals surface area (Å²) < 4.78 is 6.55. The molecule has 1 fully saturated rings. The Morgan fingerprint density at radius 2 is 1.93 bits per heavy atom. The molecule has 0 saturated carbocycles. The smallest absolute Gasteiger partial charge is 0.227 e. The van der Waals surface area contributed by atoms with Crippen LogP contribution in [-0.4, -0.2) is 31.5 Å². The first-order chi connectivity index (χ1) is 13.5. The Bertz CT molecular complexity index is 823. The van der Waals surface area contributed by atoms with Gasteiger partial charge in [-0.05, 0) is 60.0 Å². The average Bonchev–Trinajstić information content (AvgIpc) is 3.08. The van der Waals surface area contributed by atoms with Crippen molar-refractivity contribution in [1.29, 1.82) is 0 Å². The van der Waals surface area contributed by atoms with Gasteiger partial charge in [0.25, 0.3) is 0 Å². The zero-order valence-corrected chi connectivity index (χ0v) is 17.6. The molecule has 28 heavy (non-hydrogen) atoms. The van der Waals surface area contributed by atoms with Gasteiger partial charge in [0.05, 0.1) is 18.2 Å². The summed E-state index contributed by atoms with van der Waals surface area (Å²) in [5.41, 5.74) is 2.02. The molecule has 0 aliphatic carbocycles. The van der Waals surface area contributed by atoms with Crippen molar-refractivity contribution in [3.63, 3.8) is 0 Å². The summed E-state index contributed by atoms with van der Waals surface area (Å²) in [4.78, 5) is 26.4. The number of nitrogens with zero attached hydrogens (tertiary/aromatic N) is 1. The van der Waals surface area contributed by atoms with Gasteiger partial charge >= 0.3 is 0 Å². The molecule has 1 atom stereocenters. The van der Waals surface area contributed by atoms with Crippen LogP contribution in [0.5, 0.6) is 5.75 Å². The molecule has 1 aliphatic rings. The van der Waals surface area contributed by atoms with Gasteiger partial charge in [0.1, 0.15) is 5.75 Å². The number of nitrogens with one attached hydrogen (secondary N) is 1. The monoisotopic (exact) mass is 444 g/mol. The van der Waals surface area contributed by atoms with E-state index in [-0.39, 0.29) is 24.2 Å². The molecule has 1 N–H and O–H groups in total. The maximum atomic E-state index is 12.4. The van der Waals surface area contributed by atoms with Gasteiger partial charge in [-0.15, -0.1) is 0 Å². The van der Waals surface area contributed by atoms with Gasteiger partial charge in [-0.2, -0.15) is 0 Å². The van der Waals surface area contributed by atoms with Gasteiger partial charge in [0.15, 0.2) is 0 Å². The lowest BCUT2D eigenvalue weighted by molar-refractivity contribution is -0.126. The molecule has 1 aliphatic heterocycles. The van der Waals surface area contributed by atoms with E-state index in [1.54, 1.807) is 4.90 Å². The van der Waals surface area contributed by atoms with Gasteiger partial charge in [0.2, 0.25) is 11.8 Å². The lowest BCUT2D eigenvalue weighted by Crippen LogP contribution is -2.33. The highest BCUT2D eigenvalue weighted by molar-refractivity contribution is 9.10. The Hall–Kier alpha value is -2.34. The van der Waals surface area contributed by atoms with Gasteiger partial charge in [-0.3, -0.25) is 9.59 Å². The first kappa shape index (κ1) is 20.4. The molecule has 0 aromatic heterocycles. The molecule has 6 heteroatoms. The second kappa shape index (κ2) is 9.73. The van der Waals surface area contributed by atoms with Gasteiger partial charge in [-0.1, -0.05) is 29.8 Å². The van der Waals surface area contributed by atoms with Crippen molar-refractivity contribution >= 4 is 33.4 Å². The van der Waals surface area contributed by atoms with Gasteiger partial charge < -0.3 is 15.0 Å². The highest BCUT2D eigenvalue weighted by Gasteiger charge is 2.35. The highest BCUT2D eigenvalue weighted by atomic mass is 79.9. The van der Waals surface area contributed by atoms with E-state index >= 15 is 0 Å². The van der Waals surface area contributed by atoms with Crippen molar-refractivity contribution in [2.24, 2.45) is 5.92 Å². The summed E-state index contributed by atoms with van der Waals surface area (Å²) in [6.07, 6.45) is 1.96. The SMILES string of the molecule is Cc1ccc(OCCCCNC(=O)C2CC(=O)N(c3ccccc3Br)C2)cc1. The number of carbonyl (C=O) groups excluding carboxylic acids is 2. The number of rotatable bonds is 8. The van der Waals surface area contributed by atoms with Crippen molar-refractivity contribution < 1.29 is 14.3 Å². The number of carbonyl (C=O) groups is 2. The van der Waals surface area contributed by atoms with Crippen LogP contribution >= 0.6 is 15.9 Å². The molecule has 0 bridgehead atoms. The number of aryl methyl sites for hydroxylation is 1. The summed E-state index contributed by atoms with van der Waals surface area (Å²) >= 11 is 3.47. The summed E-state index contributed by atoms with van der Waals surface area (Å²) in [5, 5.41) is 2.95. The third kappa shape index (κ3) is 5.35. The van der Waals surface area contributed by atoms with Crippen LogP contribution in [0, 0.1) is 12.8 Å². The van der Waals surface area contributed by atoms with Crippen LogP contribution in [0.4, 0.5) is 5.69 Å². The van der Waals surface area contributed by atoms with Gasteiger partial charge in [-0.25, -0.2) is 0 Å². The minimum Gasteiger partial charge on any atom is -0.494 e. The van der Waals surface area contributed by atoms with E-state index in [1.165, 1.54) is 5.56 Å². The third-order valence-corrected chi connectivity index (χ3v) is 5.47. The molecule has 148 valence electrons. The predicted octanol–water partition coefficient (Wildman–Crippen LogP) is 4.09. The molecular weight excluding hydrogens is 420 g/mol. The number of hydrogen-bond acceptors (Lipinski definition) is 3. The molecular formula is C22H25BrN2O3. The van der Waals surface area contributed by atoms with E-state index in [4.69, 9.17) is 4.74 Å². The molecule has 0 spiro atoms. The zero-order chi connectivity index (χ0) is 19.9. The van der Waals surface area contributed by atoms with Crippen LogP contribution in [0.15, 0.2) is 53.0 Å². The van der Waals surface area contributed by atoms with E-state index in [1.807, 2.05) is 55.5 Å². The molecule has 5 nitrogen and oxygen atoms in total. The summed E-state index contributed by atoms with van der Waals surface area (Å²) in [7, 11) is 0. The van der Waals surface area contributed by atoms with Crippen molar-refractivity contribution in [2.45, 2.75) is 26.2 Å². The maximum absolute atomic E-state index is 12.4. The average molecular weight is 445 g/mol. The lowest BCUT2D eigenvalue weighted by atomic mass is 10.1. The highest BCUT2D eigenvalue weighted by Crippen LogP contribution is 2.31. The first-order valence-corrected chi connectivity index (χ1v) is 10.4. The molecule has 2 amide bonds. The molecule has 1 saturated heterocycles. The Morgan fingerprint density at radius 1 is 1.18 bits per heavy atom. The topological polar surface area (TPSA) is 58.6 Å². The number of amides is 2. The van der Waals surface area contributed by atoms with E-state index in [9.17, 15) is 9.59 Å². The number of unbranched alkanes of at least 4 members (excludes halogenated alkanes) is 1. The molecule has 1 unspecified atom stereocenters. The fourth-order valence-corrected chi connectivity index (χ4v) is 3.69.